The van der Waals surface area contributed by atoms with Crippen LogP contribution in [-0.2, 0) is 6.42 Å². The Labute approximate surface area is 71.8 Å². The molecule has 0 heterocycles. The molecule has 1 aromatic carbocycles. The first-order chi connectivity index (χ1) is 5.86. The summed E-state index contributed by atoms with van der Waals surface area (Å²) >= 11 is 0. The molecule has 1 rings (SSSR count). The summed E-state index contributed by atoms with van der Waals surface area (Å²) in [6.07, 6.45) is 0.982. The number of nitrogens with one attached hydrogen (secondary N) is 1. The molecule has 1 N–H and O–H groups in total. The molecule has 0 aliphatic rings. The first kappa shape index (κ1) is 8.87. The summed E-state index contributed by atoms with van der Waals surface area (Å²) in [5.74, 6) is 0. The van der Waals surface area contributed by atoms with E-state index in [1.807, 2.05) is 19.2 Å². The average molecular weight is 164 g/mol. The monoisotopic (exact) mass is 164 g/mol. The number of hydrogen-bond acceptors (Lipinski definition) is 3. The van der Waals surface area contributed by atoms with Crippen molar-refractivity contribution in [3.63, 3.8) is 0 Å². The van der Waals surface area contributed by atoms with Gasteiger partial charge in [0.15, 0.2) is 0 Å². The summed E-state index contributed by atoms with van der Waals surface area (Å²) in [5, 5.41) is 5.89. The van der Waals surface area contributed by atoms with Gasteiger partial charge in [-0.25, -0.2) is 0 Å². The van der Waals surface area contributed by atoms with Gasteiger partial charge in [-0.15, -0.1) is 4.91 Å². The van der Waals surface area contributed by atoms with E-state index in [-0.39, 0.29) is 0 Å². The van der Waals surface area contributed by atoms with Gasteiger partial charge < -0.3 is 5.32 Å². The van der Waals surface area contributed by atoms with E-state index < -0.39 is 0 Å². The lowest BCUT2D eigenvalue weighted by Crippen LogP contribution is -2.09. The summed E-state index contributed by atoms with van der Waals surface area (Å²) in [5.41, 5.74) is 1.71. The van der Waals surface area contributed by atoms with Crippen LogP contribution in [0.2, 0.25) is 0 Å². The van der Waals surface area contributed by atoms with Crippen molar-refractivity contribution in [2.45, 2.75) is 6.42 Å². The largest absolute Gasteiger partial charge is 0.319 e. The van der Waals surface area contributed by atoms with E-state index in [0.29, 0.717) is 5.69 Å². The van der Waals surface area contributed by atoms with E-state index in [4.69, 9.17) is 0 Å². The van der Waals surface area contributed by atoms with Gasteiger partial charge in [0.25, 0.3) is 0 Å². The van der Waals surface area contributed by atoms with E-state index >= 15 is 0 Å². The zero-order valence-electron chi connectivity index (χ0n) is 7.08. The molecule has 0 spiro atoms. The zero-order valence-corrected chi connectivity index (χ0v) is 7.08. The number of rotatable bonds is 4. The summed E-state index contributed by atoms with van der Waals surface area (Å²) < 4.78 is 0. The van der Waals surface area contributed by atoms with Crippen molar-refractivity contribution in [1.29, 1.82) is 0 Å². The Hall–Kier alpha value is -1.22. The van der Waals surface area contributed by atoms with Crippen molar-refractivity contribution >= 4 is 5.69 Å². The van der Waals surface area contributed by atoms with Gasteiger partial charge in [0.05, 0.1) is 0 Å². The minimum absolute atomic E-state index is 0.489. The van der Waals surface area contributed by atoms with E-state index in [1.54, 1.807) is 12.1 Å². The fourth-order valence-electron chi connectivity index (χ4n) is 0.993. The molecule has 0 bridgehead atoms. The van der Waals surface area contributed by atoms with Gasteiger partial charge in [-0.2, -0.15) is 0 Å². The van der Waals surface area contributed by atoms with Crippen LogP contribution in [0.5, 0.6) is 0 Å². The predicted octanol–water partition coefficient (Wildman–Crippen LogP) is 1.85. The lowest BCUT2D eigenvalue weighted by Gasteiger charge is -1.99. The van der Waals surface area contributed by atoms with Crippen LogP contribution in [0.25, 0.3) is 0 Å². The lowest BCUT2D eigenvalue weighted by atomic mass is 10.1. The number of benzene rings is 1. The topological polar surface area (TPSA) is 41.5 Å². The van der Waals surface area contributed by atoms with Crippen molar-refractivity contribution in [1.82, 2.24) is 5.32 Å². The van der Waals surface area contributed by atoms with Gasteiger partial charge >= 0.3 is 0 Å². The molecule has 0 saturated carbocycles. The molecule has 0 saturated heterocycles. The van der Waals surface area contributed by atoms with Crippen LogP contribution in [0.15, 0.2) is 29.4 Å². The van der Waals surface area contributed by atoms with Crippen LogP contribution in [0.1, 0.15) is 5.56 Å². The number of likely N-dealkylation sites (N-methyl/N-ethyl adjacent to an activating group) is 1. The minimum atomic E-state index is 0.489. The van der Waals surface area contributed by atoms with Gasteiger partial charge in [0, 0.05) is 0 Å². The molecule has 0 unspecified atom stereocenters. The molecule has 0 amide bonds. The zero-order chi connectivity index (χ0) is 8.81. The maximum atomic E-state index is 10.1. The highest BCUT2D eigenvalue weighted by molar-refractivity contribution is 5.38. The normalized spacial score (nSPS) is 9.75. The second kappa shape index (κ2) is 4.62. The Kier molecular flexibility index (Phi) is 3.41. The lowest BCUT2D eigenvalue weighted by molar-refractivity contribution is 0.792. The summed E-state index contributed by atoms with van der Waals surface area (Å²) in [7, 11) is 1.92. The predicted molar refractivity (Wildman–Crippen MR) is 49.5 cm³/mol. The Morgan fingerprint density at radius 3 is 2.50 bits per heavy atom. The fraction of sp³-hybridized carbons (Fsp3) is 0.333. The number of nitrogens with zero attached hydrogens (tertiary/aromatic N) is 1. The molecule has 0 aliphatic heterocycles. The third kappa shape index (κ3) is 2.43. The second-order valence-electron chi connectivity index (χ2n) is 2.61. The summed E-state index contributed by atoms with van der Waals surface area (Å²) in [4.78, 5) is 10.1. The molecular weight excluding hydrogens is 152 g/mol. The van der Waals surface area contributed by atoms with Crippen molar-refractivity contribution in [3.05, 3.63) is 34.7 Å². The molecule has 12 heavy (non-hydrogen) atoms. The van der Waals surface area contributed by atoms with Gasteiger partial charge in [0.1, 0.15) is 5.69 Å². The Morgan fingerprint density at radius 1 is 1.33 bits per heavy atom. The highest BCUT2D eigenvalue weighted by Gasteiger charge is 1.92. The van der Waals surface area contributed by atoms with Crippen LogP contribution in [0.3, 0.4) is 0 Å². The SMILES string of the molecule is CNCCc1ccc(N=O)cc1. The van der Waals surface area contributed by atoms with Crippen LogP contribution in [0.4, 0.5) is 5.69 Å². The van der Waals surface area contributed by atoms with Gasteiger partial charge in [-0.1, -0.05) is 12.1 Å². The fourth-order valence-corrected chi connectivity index (χ4v) is 0.993. The molecule has 64 valence electrons. The van der Waals surface area contributed by atoms with Crippen molar-refractivity contribution in [2.24, 2.45) is 5.18 Å². The second-order valence-corrected chi connectivity index (χ2v) is 2.61. The van der Waals surface area contributed by atoms with E-state index in [1.165, 1.54) is 5.56 Å². The maximum Gasteiger partial charge on any atom is 0.108 e. The van der Waals surface area contributed by atoms with E-state index in [9.17, 15) is 4.91 Å². The van der Waals surface area contributed by atoms with E-state index in [0.717, 1.165) is 13.0 Å². The first-order valence-electron chi connectivity index (χ1n) is 3.93. The quantitative estimate of drug-likeness (QED) is 0.690. The molecule has 1 aromatic rings. The summed E-state index contributed by atoms with van der Waals surface area (Å²) in [6.45, 7) is 0.952. The molecule has 3 heteroatoms. The molecule has 0 aliphatic carbocycles. The third-order valence-corrected chi connectivity index (χ3v) is 1.71. The van der Waals surface area contributed by atoms with E-state index in [2.05, 4.69) is 10.5 Å². The van der Waals surface area contributed by atoms with Gasteiger partial charge in [-0.05, 0) is 42.9 Å². The number of hydrogen-bond donors (Lipinski definition) is 1. The Bertz CT molecular complexity index is 243. The highest BCUT2D eigenvalue weighted by Crippen LogP contribution is 2.12. The molecular formula is C9H12N2O. The smallest absolute Gasteiger partial charge is 0.108 e. The van der Waals surface area contributed by atoms with Crippen LogP contribution in [-0.4, -0.2) is 13.6 Å². The molecule has 0 radical (unpaired) electrons. The van der Waals surface area contributed by atoms with Crippen molar-refractivity contribution in [3.8, 4) is 0 Å². The molecule has 0 fully saturated rings. The summed E-state index contributed by atoms with van der Waals surface area (Å²) in [6, 6.07) is 7.32. The van der Waals surface area contributed by atoms with Crippen LogP contribution < -0.4 is 5.32 Å². The molecule has 3 nitrogen and oxygen atoms in total. The first-order valence-corrected chi connectivity index (χ1v) is 3.93. The minimum Gasteiger partial charge on any atom is -0.319 e. The van der Waals surface area contributed by atoms with Crippen molar-refractivity contribution in [2.75, 3.05) is 13.6 Å². The molecule has 0 atom stereocenters. The standard InChI is InChI=1S/C9H12N2O/c1-10-7-6-8-2-4-9(11-12)5-3-8/h2-5,10H,6-7H2,1H3. The van der Waals surface area contributed by atoms with Crippen LogP contribution >= 0.6 is 0 Å². The Balaban J connectivity index is 2.58. The Morgan fingerprint density at radius 2 is 2.00 bits per heavy atom. The average Bonchev–Trinajstić information content (AvgIpc) is 2.15. The molecule has 0 aromatic heterocycles. The highest BCUT2D eigenvalue weighted by atomic mass is 16.3. The van der Waals surface area contributed by atoms with Gasteiger partial charge in [-0.3, -0.25) is 0 Å². The van der Waals surface area contributed by atoms with Crippen molar-refractivity contribution < 1.29 is 0 Å². The van der Waals surface area contributed by atoms with Crippen LogP contribution in [0, 0.1) is 4.91 Å². The van der Waals surface area contributed by atoms with Gasteiger partial charge in [0.2, 0.25) is 0 Å². The third-order valence-electron chi connectivity index (χ3n) is 1.71. The number of nitroso groups, excluding NO2 is 1. The maximum absolute atomic E-state index is 10.1.